The van der Waals surface area contributed by atoms with E-state index in [4.69, 9.17) is 4.42 Å². The van der Waals surface area contributed by atoms with Crippen molar-refractivity contribution in [2.75, 3.05) is 13.1 Å². The molecule has 3 N–H and O–H groups in total. The Balaban J connectivity index is 2.19. The molecular weight excluding hydrogens is 218 g/mol. The maximum Gasteiger partial charge on any atom is 0.133 e. The van der Waals surface area contributed by atoms with Crippen LogP contribution in [0.2, 0.25) is 0 Å². The Morgan fingerprint density at radius 1 is 1.29 bits per heavy atom. The van der Waals surface area contributed by atoms with E-state index in [9.17, 15) is 10.2 Å². The standard InChI is InChI=1S/C13H23NO3/c1-13(2,3)7-10(15)8-14-9-11(16)12-5-4-6-17-12/h4-6,10-11,14-16H,7-9H2,1-3H3. The Morgan fingerprint density at radius 3 is 2.53 bits per heavy atom. The highest BCUT2D eigenvalue weighted by Gasteiger charge is 2.17. The van der Waals surface area contributed by atoms with Crippen LogP contribution in [-0.2, 0) is 0 Å². The van der Waals surface area contributed by atoms with Crippen molar-refractivity contribution in [2.45, 2.75) is 39.4 Å². The van der Waals surface area contributed by atoms with E-state index >= 15 is 0 Å². The number of hydrogen-bond donors (Lipinski definition) is 3. The van der Waals surface area contributed by atoms with Gasteiger partial charge in [-0.05, 0) is 24.0 Å². The quantitative estimate of drug-likeness (QED) is 0.709. The number of rotatable bonds is 6. The van der Waals surface area contributed by atoms with E-state index in [1.165, 1.54) is 6.26 Å². The van der Waals surface area contributed by atoms with Crippen molar-refractivity contribution in [3.63, 3.8) is 0 Å². The van der Waals surface area contributed by atoms with Crippen LogP contribution in [0.4, 0.5) is 0 Å². The maximum absolute atomic E-state index is 9.76. The molecule has 0 aliphatic carbocycles. The lowest BCUT2D eigenvalue weighted by Crippen LogP contribution is -2.32. The second-order valence-corrected chi connectivity index (χ2v) is 5.61. The molecule has 1 aromatic heterocycles. The lowest BCUT2D eigenvalue weighted by molar-refractivity contribution is 0.106. The van der Waals surface area contributed by atoms with Crippen molar-refractivity contribution in [1.29, 1.82) is 0 Å². The van der Waals surface area contributed by atoms with Crippen molar-refractivity contribution in [3.8, 4) is 0 Å². The van der Waals surface area contributed by atoms with Gasteiger partial charge in [-0.2, -0.15) is 0 Å². The molecule has 4 heteroatoms. The second-order valence-electron chi connectivity index (χ2n) is 5.61. The Hall–Kier alpha value is -0.840. The Bertz CT molecular complexity index is 303. The molecule has 0 aromatic carbocycles. The summed E-state index contributed by atoms with van der Waals surface area (Å²) in [6.45, 7) is 7.14. The van der Waals surface area contributed by atoms with Gasteiger partial charge in [-0.1, -0.05) is 20.8 Å². The Kier molecular flexibility index (Phi) is 5.18. The molecule has 0 aliphatic heterocycles. The van der Waals surface area contributed by atoms with Crippen LogP contribution in [0, 0.1) is 5.41 Å². The smallest absolute Gasteiger partial charge is 0.133 e. The molecule has 0 bridgehead atoms. The molecule has 1 rings (SSSR count). The minimum absolute atomic E-state index is 0.112. The third-order valence-corrected chi connectivity index (χ3v) is 2.44. The fourth-order valence-electron chi connectivity index (χ4n) is 1.75. The first-order valence-electron chi connectivity index (χ1n) is 5.99. The highest BCUT2D eigenvalue weighted by atomic mass is 16.4. The summed E-state index contributed by atoms with van der Waals surface area (Å²) in [7, 11) is 0. The SMILES string of the molecule is CC(C)(C)CC(O)CNCC(O)c1ccco1. The molecule has 0 saturated carbocycles. The molecule has 1 aromatic rings. The third-order valence-electron chi connectivity index (χ3n) is 2.44. The second kappa shape index (κ2) is 6.19. The molecule has 2 atom stereocenters. The van der Waals surface area contributed by atoms with Crippen LogP contribution >= 0.6 is 0 Å². The van der Waals surface area contributed by atoms with Gasteiger partial charge in [0.15, 0.2) is 0 Å². The first-order chi connectivity index (χ1) is 7.88. The van der Waals surface area contributed by atoms with Gasteiger partial charge >= 0.3 is 0 Å². The van der Waals surface area contributed by atoms with Gasteiger partial charge in [-0.15, -0.1) is 0 Å². The van der Waals surface area contributed by atoms with E-state index in [-0.39, 0.29) is 11.5 Å². The summed E-state index contributed by atoms with van der Waals surface area (Å²) < 4.78 is 5.08. The van der Waals surface area contributed by atoms with E-state index in [0.717, 1.165) is 6.42 Å². The lowest BCUT2D eigenvalue weighted by atomic mass is 9.89. The van der Waals surface area contributed by atoms with Crippen LogP contribution in [0.3, 0.4) is 0 Å². The number of aliphatic hydroxyl groups excluding tert-OH is 2. The number of furan rings is 1. The Labute approximate surface area is 103 Å². The first-order valence-corrected chi connectivity index (χ1v) is 5.99. The summed E-state index contributed by atoms with van der Waals surface area (Å²) in [5.41, 5.74) is 0.112. The first kappa shape index (κ1) is 14.2. The van der Waals surface area contributed by atoms with Gasteiger partial charge in [0.1, 0.15) is 11.9 Å². The van der Waals surface area contributed by atoms with Gasteiger partial charge in [0.25, 0.3) is 0 Å². The monoisotopic (exact) mass is 241 g/mol. The van der Waals surface area contributed by atoms with E-state index in [1.807, 2.05) is 0 Å². The summed E-state index contributed by atoms with van der Waals surface area (Å²) >= 11 is 0. The maximum atomic E-state index is 9.76. The summed E-state index contributed by atoms with van der Waals surface area (Å²) in [4.78, 5) is 0. The largest absolute Gasteiger partial charge is 0.467 e. The van der Waals surface area contributed by atoms with Crippen LogP contribution < -0.4 is 5.32 Å². The molecule has 17 heavy (non-hydrogen) atoms. The Morgan fingerprint density at radius 2 is 2.00 bits per heavy atom. The van der Waals surface area contributed by atoms with Crippen molar-refractivity contribution in [3.05, 3.63) is 24.2 Å². The molecule has 4 nitrogen and oxygen atoms in total. The van der Waals surface area contributed by atoms with Crippen LogP contribution in [-0.4, -0.2) is 29.4 Å². The summed E-state index contributed by atoms with van der Waals surface area (Å²) in [6.07, 6.45) is 1.22. The normalized spacial score (nSPS) is 15.8. The third kappa shape index (κ3) is 5.86. The zero-order valence-corrected chi connectivity index (χ0v) is 10.8. The average molecular weight is 241 g/mol. The summed E-state index contributed by atoms with van der Waals surface area (Å²) in [5, 5.41) is 22.5. The van der Waals surface area contributed by atoms with Crippen LogP contribution in [0.15, 0.2) is 22.8 Å². The topological polar surface area (TPSA) is 65.6 Å². The molecule has 0 aliphatic rings. The molecular formula is C13H23NO3. The summed E-state index contributed by atoms with van der Waals surface area (Å²) in [5.74, 6) is 0.544. The lowest BCUT2D eigenvalue weighted by Gasteiger charge is -2.22. The molecule has 2 unspecified atom stereocenters. The molecule has 0 saturated heterocycles. The van der Waals surface area contributed by atoms with E-state index in [1.54, 1.807) is 12.1 Å². The van der Waals surface area contributed by atoms with Crippen molar-refractivity contribution < 1.29 is 14.6 Å². The van der Waals surface area contributed by atoms with Gasteiger partial charge < -0.3 is 19.9 Å². The van der Waals surface area contributed by atoms with Gasteiger partial charge in [0.05, 0.1) is 12.4 Å². The van der Waals surface area contributed by atoms with Crippen LogP contribution in [0.25, 0.3) is 0 Å². The molecule has 0 radical (unpaired) electrons. The van der Waals surface area contributed by atoms with Crippen molar-refractivity contribution in [1.82, 2.24) is 5.32 Å². The fourth-order valence-corrected chi connectivity index (χ4v) is 1.75. The van der Waals surface area contributed by atoms with E-state index < -0.39 is 6.10 Å². The van der Waals surface area contributed by atoms with Crippen LogP contribution in [0.5, 0.6) is 0 Å². The number of nitrogens with one attached hydrogen (secondary N) is 1. The highest BCUT2D eigenvalue weighted by molar-refractivity contribution is 5.02. The zero-order chi connectivity index (χ0) is 12.9. The number of hydrogen-bond acceptors (Lipinski definition) is 4. The molecule has 0 spiro atoms. The van der Waals surface area contributed by atoms with E-state index in [2.05, 4.69) is 26.1 Å². The highest BCUT2D eigenvalue weighted by Crippen LogP contribution is 2.20. The number of aliphatic hydroxyl groups is 2. The van der Waals surface area contributed by atoms with Gasteiger partial charge in [-0.25, -0.2) is 0 Å². The van der Waals surface area contributed by atoms with Gasteiger partial charge in [0, 0.05) is 13.1 Å². The van der Waals surface area contributed by atoms with Crippen molar-refractivity contribution >= 4 is 0 Å². The average Bonchev–Trinajstić information content (AvgIpc) is 2.66. The predicted octanol–water partition coefficient (Wildman–Crippen LogP) is 1.70. The molecule has 98 valence electrons. The summed E-state index contributed by atoms with van der Waals surface area (Å²) in [6, 6.07) is 3.48. The predicted molar refractivity (Wildman–Crippen MR) is 66.6 cm³/mol. The van der Waals surface area contributed by atoms with E-state index in [0.29, 0.717) is 18.8 Å². The van der Waals surface area contributed by atoms with Crippen molar-refractivity contribution in [2.24, 2.45) is 5.41 Å². The molecule has 1 heterocycles. The van der Waals surface area contributed by atoms with Crippen LogP contribution in [0.1, 0.15) is 39.1 Å². The molecule has 0 fully saturated rings. The minimum Gasteiger partial charge on any atom is -0.467 e. The fraction of sp³-hybridized carbons (Fsp3) is 0.692. The minimum atomic E-state index is -0.660. The van der Waals surface area contributed by atoms with Gasteiger partial charge in [0.2, 0.25) is 0 Å². The van der Waals surface area contributed by atoms with Gasteiger partial charge in [-0.3, -0.25) is 0 Å². The molecule has 0 amide bonds. The zero-order valence-electron chi connectivity index (χ0n) is 10.8.